The van der Waals surface area contributed by atoms with Crippen LogP contribution in [0, 0.1) is 0 Å². The number of nitrogens with zero attached hydrogens (tertiary/aromatic N) is 2. The van der Waals surface area contributed by atoms with Gasteiger partial charge >= 0.3 is 0 Å². The van der Waals surface area contributed by atoms with Gasteiger partial charge in [-0.25, -0.2) is 0 Å². The number of carbonyl (C=O) groups excluding carboxylic acids is 1. The van der Waals surface area contributed by atoms with Gasteiger partial charge in [0.05, 0.1) is 15.7 Å². The van der Waals surface area contributed by atoms with E-state index in [-0.39, 0.29) is 21.4 Å². The van der Waals surface area contributed by atoms with Crippen LogP contribution in [0.3, 0.4) is 0 Å². The van der Waals surface area contributed by atoms with Crippen molar-refractivity contribution in [3.8, 4) is 11.4 Å². The van der Waals surface area contributed by atoms with Crippen LogP contribution in [0.1, 0.15) is 10.5 Å². The summed E-state index contributed by atoms with van der Waals surface area (Å²) in [5.41, 5.74) is -0.648. The van der Waals surface area contributed by atoms with Gasteiger partial charge in [-0.15, -0.1) is 0 Å². The number of halogens is 2. The van der Waals surface area contributed by atoms with Gasteiger partial charge in [0.1, 0.15) is 0 Å². The third-order valence-electron chi connectivity index (χ3n) is 2.21. The van der Waals surface area contributed by atoms with Crippen LogP contribution in [0.5, 0.6) is 5.75 Å². The number of carbonyl (C=O) groups is 1. The average molecular weight is 285 g/mol. The van der Waals surface area contributed by atoms with Crippen molar-refractivity contribution < 1.29 is 9.90 Å². The molecule has 5 nitrogen and oxygen atoms in total. The predicted molar refractivity (Wildman–Crippen MR) is 66.9 cm³/mol. The van der Waals surface area contributed by atoms with E-state index in [2.05, 4.69) is 5.10 Å². The first-order chi connectivity index (χ1) is 8.54. The molecule has 18 heavy (non-hydrogen) atoms. The molecule has 1 heterocycles. The summed E-state index contributed by atoms with van der Waals surface area (Å²) in [6, 6.07) is 5.55. The SMILES string of the molecule is O=Cc1nn(-c2cccc(Cl)c2Cl)c(=O)cc1O. The van der Waals surface area contributed by atoms with Gasteiger partial charge in [0, 0.05) is 6.07 Å². The summed E-state index contributed by atoms with van der Waals surface area (Å²) < 4.78 is 0.900. The Morgan fingerprint density at radius 3 is 2.72 bits per heavy atom. The van der Waals surface area contributed by atoms with Gasteiger partial charge in [-0.1, -0.05) is 29.3 Å². The van der Waals surface area contributed by atoms with Crippen LogP contribution in [0.4, 0.5) is 0 Å². The van der Waals surface area contributed by atoms with Gasteiger partial charge in [0.15, 0.2) is 17.7 Å². The first kappa shape index (κ1) is 12.6. The summed E-state index contributed by atoms with van der Waals surface area (Å²) in [5, 5.41) is 13.4. The first-order valence-electron chi connectivity index (χ1n) is 4.77. The van der Waals surface area contributed by atoms with E-state index >= 15 is 0 Å². The molecule has 0 aliphatic heterocycles. The topological polar surface area (TPSA) is 72.2 Å². The number of aldehydes is 1. The average Bonchev–Trinajstić information content (AvgIpc) is 2.34. The summed E-state index contributed by atoms with van der Waals surface area (Å²) in [6.45, 7) is 0. The van der Waals surface area contributed by atoms with Gasteiger partial charge in [-0.05, 0) is 12.1 Å². The Morgan fingerprint density at radius 1 is 1.33 bits per heavy atom. The lowest BCUT2D eigenvalue weighted by atomic mass is 10.3. The van der Waals surface area contributed by atoms with E-state index in [1.54, 1.807) is 12.1 Å². The van der Waals surface area contributed by atoms with E-state index in [4.69, 9.17) is 23.2 Å². The minimum Gasteiger partial charge on any atom is -0.505 e. The zero-order chi connectivity index (χ0) is 13.3. The molecule has 0 amide bonds. The summed E-state index contributed by atoms with van der Waals surface area (Å²) >= 11 is 11.8. The normalized spacial score (nSPS) is 10.3. The highest BCUT2D eigenvalue weighted by Crippen LogP contribution is 2.27. The van der Waals surface area contributed by atoms with E-state index in [9.17, 15) is 14.7 Å². The Labute approximate surface area is 111 Å². The highest BCUT2D eigenvalue weighted by Gasteiger charge is 2.12. The summed E-state index contributed by atoms with van der Waals surface area (Å²) in [5.74, 6) is -0.482. The van der Waals surface area contributed by atoms with Crippen molar-refractivity contribution in [1.82, 2.24) is 9.78 Å². The highest BCUT2D eigenvalue weighted by atomic mass is 35.5. The maximum absolute atomic E-state index is 11.7. The third-order valence-corrected chi connectivity index (χ3v) is 3.02. The van der Waals surface area contributed by atoms with Crippen molar-refractivity contribution in [2.24, 2.45) is 0 Å². The standard InChI is InChI=1S/C11H6Cl2N2O3/c12-6-2-1-3-8(11(6)13)15-10(18)4-9(17)7(5-16)14-15/h1-5,17H. The number of benzene rings is 1. The number of hydrogen-bond donors (Lipinski definition) is 1. The minimum absolute atomic E-state index is 0.135. The molecular weight excluding hydrogens is 279 g/mol. The van der Waals surface area contributed by atoms with E-state index in [0.717, 1.165) is 10.7 Å². The van der Waals surface area contributed by atoms with Crippen molar-refractivity contribution in [1.29, 1.82) is 0 Å². The van der Waals surface area contributed by atoms with Crippen LogP contribution >= 0.6 is 23.2 Å². The smallest absolute Gasteiger partial charge is 0.275 e. The highest BCUT2D eigenvalue weighted by molar-refractivity contribution is 6.43. The zero-order valence-electron chi connectivity index (χ0n) is 8.80. The number of aromatic hydroxyl groups is 1. The first-order valence-corrected chi connectivity index (χ1v) is 5.53. The van der Waals surface area contributed by atoms with E-state index in [1.165, 1.54) is 6.07 Å². The molecule has 0 spiro atoms. The Balaban J connectivity index is 2.75. The minimum atomic E-state index is -0.623. The van der Waals surface area contributed by atoms with E-state index in [1.807, 2.05) is 0 Å². The molecule has 0 unspecified atom stereocenters. The van der Waals surface area contributed by atoms with Crippen molar-refractivity contribution in [3.63, 3.8) is 0 Å². The van der Waals surface area contributed by atoms with E-state index < -0.39 is 11.3 Å². The lowest BCUT2D eigenvalue weighted by Gasteiger charge is -2.08. The lowest BCUT2D eigenvalue weighted by molar-refractivity contribution is 0.111. The Hall–Kier alpha value is -1.85. The monoisotopic (exact) mass is 284 g/mol. The maximum Gasteiger partial charge on any atom is 0.275 e. The Morgan fingerprint density at radius 2 is 2.06 bits per heavy atom. The molecular formula is C11H6Cl2N2O3. The molecule has 92 valence electrons. The van der Waals surface area contributed by atoms with Gasteiger partial charge in [-0.3, -0.25) is 9.59 Å². The second-order valence-corrected chi connectivity index (χ2v) is 4.14. The second-order valence-electron chi connectivity index (χ2n) is 3.36. The summed E-state index contributed by atoms with van der Waals surface area (Å²) in [7, 11) is 0. The third kappa shape index (κ3) is 2.10. The fraction of sp³-hybridized carbons (Fsp3) is 0. The van der Waals surface area contributed by atoms with Gasteiger partial charge < -0.3 is 5.11 Å². The zero-order valence-corrected chi connectivity index (χ0v) is 10.3. The van der Waals surface area contributed by atoms with E-state index in [0.29, 0.717) is 6.29 Å². The fourth-order valence-corrected chi connectivity index (χ4v) is 1.75. The quantitative estimate of drug-likeness (QED) is 0.857. The van der Waals surface area contributed by atoms with Crippen molar-refractivity contribution in [3.05, 3.63) is 50.4 Å². The molecule has 0 aliphatic carbocycles. The van der Waals surface area contributed by atoms with Crippen LogP contribution in [-0.2, 0) is 0 Å². The molecule has 0 bridgehead atoms. The largest absolute Gasteiger partial charge is 0.505 e. The Kier molecular flexibility index (Phi) is 3.36. The van der Waals surface area contributed by atoms with Crippen molar-refractivity contribution in [2.75, 3.05) is 0 Å². The van der Waals surface area contributed by atoms with Crippen LogP contribution in [0.15, 0.2) is 29.1 Å². The number of aromatic nitrogens is 2. The molecule has 0 atom stereocenters. The van der Waals surface area contributed by atoms with Crippen molar-refractivity contribution in [2.45, 2.75) is 0 Å². The molecule has 1 N–H and O–H groups in total. The predicted octanol–water partition coefficient (Wildman–Crippen LogP) is 2.06. The molecule has 0 saturated carbocycles. The van der Waals surface area contributed by atoms with Gasteiger partial charge in [-0.2, -0.15) is 9.78 Å². The fourth-order valence-electron chi connectivity index (χ4n) is 1.37. The van der Waals surface area contributed by atoms with Gasteiger partial charge in [0.2, 0.25) is 0 Å². The van der Waals surface area contributed by atoms with Crippen molar-refractivity contribution >= 4 is 29.5 Å². The molecule has 0 saturated heterocycles. The van der Waals surface area contributed by atoms with Crippen LogP contribution in [0.2, 0.25) is 10.0 Å². The molecule has 2 aromatic rings. The van der Waals surface area contributed by atoms with Crippen LogP contribution in [0.25, 0.3) is 5.69 Å². The summed E-state index contributed by atoms with van der Waals surface area (Å²) in [6.07, 6.45) is 0.337. The van der Waals surface area contributed by atoms with Gasteiger partial charge in [0.25, 0.3) is 5.56 Å². The molecule has 7 heteroatoms. The number of hydrogen-bond acceptors (Lipinski definition) is 4. The second kappa shape index (κ2) is 4.80. The molecule has 0 radical (unpaired) electrons. The molecule has 1 aromatic carbocycles. The molecule has 1 aromatic heterocycles. The van der Waals surface area contributed by atoms with Crippen LogP contribution < -0.4 is 5.56 Å². The molecule has 2 rings (SSSR count). The Bertz CT molecular complexity index is 682. The maximum atomic E-state index is 11.7. The lowest BCUT2D eigenvalue weighted by Crippen LogP contribution is -2.21. The molecule has 0 aliphatic rings. The van der Waals surface area contributed by atoms with Crippen LogP contribution in [-0.4, -0.2) is 21.2 Å². The molecule has 0 fully saturated rings. The summed E-state index contributed by atoms with van der Waals surface area (Å²) in [4.78, 5) is 22.4. The number of rotatable bonds is 2.